The number of benzene rings is 2. The number of rotatable bonds is 8. The van der Waals surface area contributed by atoms with Crippen LogP contribution in [0.2, 0.25) is 0 Å². The lowest BCUT2D eigenvalue weighted by atomic mass is 10.1. The average molecular weight is 487 g/mol. The zero-order valence-electron chi connectivity index (χ0n) is 21.0. The zero-order valence-corrected chi connectivity index (χ0v) is 21.0. The second-order valence-electron chi connectivity index (χ2n) is 9.00. The molecular formula is C27H30N6O3. The molecule has 186 valence electrons. The standard InChI is InChI=1S/C27H30N6O3/c1-5-10-31(15-24(34)30-23-9-7-6-8-20(23)4)25(35)16-32-17-28-26-22(27(32)36)14-29-33(26)21-12-18(2)11-19(3)13-21/h6-9,11-14,17H,5,10,15-16H2,1-4H3,(H,30,34). The molecule has 0 saturated heterocycles. The van der Waals surface area contributed by atoms with Crippen molar-refractivity contribution in [1.29, 1.82) is 0 Å². The van der Waals surface area contributed by atoms with Crippen LogP contribution in [0.1, 0.15) is 30.0 Å². The number of anilines is 1. The SMILES string of the molecule is CCCN(CC(=O)Nc1ccccc1C)C(=O)Cn1cnc2c(cnn2-c2cc(C)cc(C)c2)c1=O. The van der Waals surface area contributed by atoms with Crippen LogP contribution in [0.15, 0.2) is 59.8 Å². The molecule has 9 nitrogen and oxygen atoms in total. The molecule has 36 heavy (non-hydrogen) atoms. The molecule has 1 N–H and O–H groups in total. The maximum atomic E-state index is 13.1. The molecular weight excluding hydrogens is 456 g/mol. The Kier molecular flexibility index (Phi) is 7.28. The number of aryl methyl sites for hydroxylation is 3. The van der Waals surface area contributed by atoms with Crippen LogP contribution in [-0.4, -0.2) is 49.1 Å². The highest BCUT2D eigenvalue weighted by Crippen LogP contribution is 2.17. The lowest BCUT2D eigenvalue weighted by Crippen LogP contribution is -2.41. The number of nitrogens with one attached hydrogen (secondary N) is 1. The third-order valence-electron chi connectivity index (χ3n) is 5.91. The molecule has 0 unspecified atom stereocenters. The Bertz CT molecular complexity index is 1470. The number of hydrogen-bond donors (Lipinski definition) is 1. The van der Waals surface area contributed by atoms with Gasteiger partial charge in [0, 0.05) is 12.2 Å². The van der Waals surface area contributed by atoms with Gasteiger partial charge in [0.1, 0.15) is 18.3 Å². The number of fused-ring (bicyclic) bond motifs is 1. The van der Waals surface area contributed by atoms with Crippen molar-refractivity contribution in [2.24, 2.45) is 0 Å². The van der Waals surface area contributed by atoms with Gasteiger partial charge in [-0.2, -0.15) is 5.10 Å². The van der Waals surface area contributed by atoms with Crippen molar-refractivity contribution in [1.82, 2.24) is 24.2 Å². The van der Waals surface area contributed by atoms with Crippen LogP contribution in [0.4, 0.5) is 5.69 Å². The van der Waals surface area contributed by atoms with E-state index in [4.69, 9.17) is 0 Å². The number of carbonyl (C=O) groups excluding carboxylic acids is 2. The van der Waals surface area contributed by atoms with Crippen molar-refractivity contribution in [2.75, 3.05) is 18.4 Å². The molecule has 0 aliphatic rings. The highest BCUT2D eigenvalue weighted by atomic mass is 16.2. The van der Waals surface area contributed by atoms with Gasteiger partial charge in [-0.25, -0.2) is 9.67 Å². The molecule has 0 aliphatic carbocycles. The van der Waals surface area contributed by atoms with E-state index >= 15 is 0 Å². The highest BCUT2D eigenvalue weighted by Gasteiger charge is 2.19. The third kappa shape index (κ3) is 5.35. The predicted molar refractivity (Wildman–Crippen MR) is 139 cm³/mol. The number of hydrogen-bond acceptors (Lipinski definition) is 5. The van der Waals surface area contributed by atoms with Crippen molar-refractivity contribution >= 4 is 28.5 Å². The summed E-state index contributed by atoms with van der Waals surface area (Å²) < 4.78 is 2.89. The lowest BCUT2D eigenvalue weighted by Gasteiger charge is -2.22. The van der Waals surface area contributed by atoms with Gasteiger partial charge in [-0.3, -0.25) is 19.0 Å². The van der Waals surface area contributed by atoms with Gasteiger partial charge in [-0.15, -0.1) is 0 Å². The largest absolute Gasteiger partial charge is 0.332 e. The van der Waals surface area contributed by atoms with Crippen LogP contribution < -0.4 is 10.9 Å². The Balaban J connectivity index is 1.53. The van der Waals surface area contributed by atoms with E-state index in [2.05, 4.69) is 21.5 Å². The van der Waals surface area contributed by atoms with Crippen molar-refractivity contribution in [3.05, 3.63) is 82.0 Å². The van der Waals surface area contributed by atoms with E-state index in [0.29, 0.717) is 29.7 Å². The normalized spacial score (nSPS) is 11.0. The van der Waals surface area contributed by atoms with Gasteiger partial charge < -0.3 is 10.2 Å². The van der Waals surface area contributed by atoms with Crippen molar-refractivity contribution < 1.29 is 9.59 Å². The van der Waals surface area contributed by atoms with E-state index in [9.17, 15) is 14.4 Å². The van der Waals surface area contributed by atoms with E-state index in [-0.39, 0.29) is 30.5 Å². The second-order valence-corrected chi connectivity index (χ2v) is 9.00. The fourth-order valence-corrected chi connectivity index (χ4v) is 4.21. The Labute approximate surface area is 209 Å². The first-order valence-electron chi connectivity index (χ1n) is 11.9. The molecule has 4 aromatic rings. The molecule has 2 aromatic carbocycles. The minimum atomic E-state index is -0.357. The summed E-state index contributed by atoms with van der Waals surface area (Å²) in [6.07, 6.45) is 3.52. The van der Waals surface area contributed by atoms with E-state index in [1.807, 2.05) is 64.1 Å². The zero-order chi connectivity index (χ0) is 25.8. The van der Waals surface area contributed by atoms with Gasteiger partial charge >= 0.3 is 0 Å². The van der Waals surface area contributed by atoms with E-state index in [1.165, 1.54) is 22.0 Å². The van der Waals surface area contributed by atoms with Crippen LogP contribution in [0, 0.1) is 20.8 Å². The number of amides is 2. The molecule has 0 aliphatic heterocycles. The van der Waals surface area contributed by atoms with Gasteiger partial charge in [-0.1, -0.05) is 31.2 Å². The highest BCUT2D eigenvalue weighted by molar-refractivity contribution is 5.95. The molecule has 0 radical (unpaired) electrons. The number of para-hydroxylation sites is 1. The first-order valence-corrected chi connectivity index (χ1v) is 11.9. The van der Waals surface area contributed by atoms with Gasteiger partial charge in [0.2, 0.25) is 11.8 Å². The number of nitrogens with zero attached hydrogens (tertiary/aromatic N) is 5. The summed E-state index contributed by atoms with van der Waals surface area (Å²) in [5.74, 6) is -0.622. The second kappa shape index (κ2) is 10.6. The minimum Gasteiger partial charge on any atom is -0.332 e. The van der Waals surface area contributed by atoms with Gasteiger partial charge in [0.15, 0.2) is 5.65 Å². The summed E-state index contributed by atoms with van der Waals surface area (Å²) >= 11 is 0. The number of aromatic nitrogens is 4. The Morgan fingerprint density at radius 3 is 2.47 bits per heavy atom. The molecule has 9 heteroatoms. The van der Waals surface area contributed by atoms with E-state index in [1.54, 1.807) is 4.68 Å². The molecule has 4 rings (SSSR count). The first-order chi connectivity index (χ1) is 17.3. The van der Waals surface area contributed by atoms with Crippen LogP contribution in [0.25, 0.3) is 16.7 Å². The minimum absolute atomic E-state index is 0.101. The Morgan fingerprint density at radius 2 is 1.78 bits per heavy atom. The molecule has 2 aromatic heterocycles. The molecule has 0 spiro atoms. The summed E-state index contributed by atoms with van der Waals surface area (Å²) in [6.45, 7) is 7.91. The van der Waals surface area contributed by atoms with E-state index in [0.717, 1.165) is 22.4 Å². The van der Waals surface area contributed by atoms with Gasteiger partial charge in [0.05, 0.1) is 18.4 Å². The first kappa shape index (κ1) is 24.8. The molecule has 0 atom stereocenters. The summed E-state index contributed by atoms with van der Waals surface area (Å²) in [5.41, 5.74) is 4.69. The van der Waals surface area contributed by atoms with Crippen LogP contribution in [0.3, 0.4) is 0 Å². The Morgan fingerprint density at radius 1 is 1.06 bits per heavy atom. The fourth-order valence-electron chi connectivity index (χ4n) is 4.21. The maximum Gasteiger partial charge on any atom is 0.264 e. The maximum absolute atomic E-state index is 13.1. The predicted octanol–water partition coefficient (Wildman–Crippen LogP) is 3.38. The van der Waals surface area contributed by atoms with Crippen molar-refractivity contribution in [2.45, 2.75) is 40.7 Å². The summed E-state index contributed by atoms with van der Waals surface area (Å²) in [6, 6.07) is 13.5. The average Bonchev–Trinajstić information content (AvgIpc) is 3.26. The molecule has 2 heterocycles. The summed E-state index contributed by atoms with van der Waals surface area (Å²) in [4.78, 5) is 44.8. The van der Waals surface area contributed by atoms with Crippen molar-refractivity contribution in [3.8, 4) is 5.69 Å². The molecule has 0 saturated carbocycles. The molecule has 0 fully saturated rings. The fraction of sp³-hybridized carbons (Fsp3) is 0.296. The van der Waals surface area contributed by atoms with Crippen LogP contribution in [-0.2, 0) is 16.1 Å². The van der Waals surface area contributed by atoms with Gasteiger partial charge in [-0.05, 0) is 62.1 Å². The monoisotopic (exact) mass is 486 g/mol. The summed E-state index contributed by atoms with van der Waals surface area (Å²) in [7, 11) is 0. The smallest absolute Gasteiger partial charge is 0.264 e. The quantitative estimate of drug-likeness (QED) is 0.411. The van der Waals surface area contributed by atoms with Crippen LogP contribution >= 0.6 is 0 Å². The summed E-state index contributed by atoms with van der Waals surface area (Å²) in [5, 5.41) is 7.55. The topological polar surface area (TPSA) is 102 Å². The Hall–Kier alpha value is -4.27. The van der Waals surface area contributed by atoms with Gasteiger partial charge in [0.25, 0.3) is 5.56 Å². The van der Waals surface area contributed by atoms with Crippen LogP contribution in [0.5, 0.6) is 0 Å². The molecule has 0 bridgehead atoms. The van der Waals surface area contributed by atoms with E-state index < -0.39 is 0 Å². The van der Waals surface area contributed by atoms with Crippen molar-refractivity contribution in [3.63, 3.8) is 0 Å². The lowest BCUT2D eigenvalue weighted by molar-refractivity contribution is -0.135. The molecule has 2 amide bonds. The number of carbonyl (C=O) groups is 2. The third-order valence-corrected chi connectivity index (χ3v) is 5.91.